The predicted molar refractivity (Wildman–Crippen MR) is 68.3 cm³/mol. The number of benzene rings is 1. The van der Waals surface area contributed by atoms with Crippen LogP contribution in [0.15, 0.2) is 18.2 Å². The molecule has 0 radical (unpaired) electrons. The van der Waals surface area contributed by atoms with Gasteiger partial charge in [-0.3, -0.25) is 4.79 Å². The normalized spacial score (nSPS) is 23.9. The molecule has 1 aliphatic rings. The van der Waals surface area contributed by atoms with Gasteiger partial charge >= 0.3 is 0 Å². The Kier molecular flexibility index (Phi) is 4.03. The van der Waals surface area contributed by atoms with Crippen LogP contribution >= 0.6 is 11.6 Å². The van der Waals surface area contributed by atoms with Gasteiger partial charge in [0.15, 0.2) is 5.78 Å². The molecule has 2 rings (SSSR count). The number of ketones is 1. The van der Waals surface area contributed by atoms with Crippen LogP contribution in [0.5, 0.6) is 0 Å². The van der Waals surface area contributed by atoms with Crippen molar-refractivity contribution in [3.8, 4) is 0 Å². The van der Waals surface area contributed by atoms with E-state index in [1.165, 1.54) is 6.07 Å². The van der Waals surface area contributed by atoms with Gasteiger partial charge in [0, 0.05) is 13.0 Å². The van der Waals surface area contributed by atoms with Crippen LogP contribution < -0.4 is 0 Å². The van der Waals surface area contributed by atoms with E-state index in [9.17, 15) is 9.18 Å². The Balaban J connectivity index is 2.13. The maximum atomic E-state index is 13.3. The average Bonchev–Trinajstić information content (AvgIpc) is 2.36. The Morgan fingerprint density at radius 2 is 2.28 bits per heavy atom. The molecule has 0 aromatic heterocycles. The molecule has 98 valence electrons. The van der Waals surface area contributed by atoms with Crippen molar-refractivity contribution in [3.05, 3.63) is 34.6 Å². The topological polar surface area (TPSA) is 26.3 Å². The lowest BCUT2D eigenvalue weighted by Gasteiger charge is -2.32. The molecule has 0 aliphatic carbocycles. The Morgan fingerprint density at radius 1 is 1.50 bits per heavy atom. The van der Waals surface area contributed by atoms with Crippen molar-refractivity contribution in [1.29, 1.82) is 0 Å². The molecule has 0 bridgehead atoms. The number of Topliss-reactive ketones (excluding diaryl/α,β-unsaturated/α-hetero) is 1. The molecule has 1 aromatic rings. The number of ether oxygens (including phenoxy) is 1. The van der Waals surface area contributed by atoms with Crippen molar-refractivity contribution in [3.63, 3.8) is 0 Å². The number of hydrogen-bond donors (Lipinski definition) is 0. The second kappa shape index (κ2) is 5.37. The molecule has 2 nitrogen and oxygen atoms in total. The second-order valence-electron chi connectivity index (χ2n) is 4.85. The van der Waals surface area contributed by atoms with Gasteiger partial charge in [-0.15, -0.1) is 0 Å². The van der Waals surface area contributed by atoms with E-state index in [4.69, 9.17) is 16.3 Å². The fraction of sp³-hybridized carbons (Fsp3) is 0.500. The lowest BCUT2D eigenvalue weighted by Crippen LogP contribution is -2.42. The SMILES string of the molecule is CC1(C(=O)Cc2cccc(F)c2Cl)CCCCO1. The standard InChI is InChI=1S/C14H16ClFO2/c1-14(7-2-3-8-18-14)12(17)9-10-5-4-6-11(16)13(10)15/h4-6H,2-3,7-9H2,1H3. The van der Waals surface area contributed by atoms with E-state index in [0.717, 1.165) is 19.3 Å². The van der Waals surface area contributed by atoms with E-state index < -0.39 is 11.4 Å². The predicted octanol–water partition coefficient (Wildman–Crippen LogP) is 3.55. The maximum absolute atomic E-state index is 13.3. The molecule has 1 saturated heterocycles. The summed E-state index contributed by atoms with van der Waals surface area (Å²) in [7, 11) is 0. The summed E-state index contributed by atoms with van der Waals surface area (Å²) in [5, 5.41) is 0.0326. The van der Waals surface area contributed by atoms with Crippen LogP contribution in [0.2, 0.25) is 5.02 Å². The molecular weight excluding hydrogens is 255 g/mol. The summed E-state index contributed by atoms with van der Waals surface area (Å²) in [5.74, 6) is -0.522. The van der Waals surface area contributed by atoms with Crippen molar-refractivity contribution in [2.45, 2.75) is 38.2 Å². The monoisotopic (exact) mass is 270 g/mol. The van der Waals surface area contributed by atoms with Gasteiger partial charge in [0.2, 0.25) is 0 Å². The largest absolute Gasteiger partial charge is 0.367 e. The van der Waals surface area contributed by atoms with Gasteiger partial charge in [0.1, 0.15) is 11.4 Å². The molecule has 0 N–H and O–H groups in total. The average molecular weight is 271 g/mol. The zero-order chi connectivity index (χ0) is 13.2. The third-order valence-corrected chi connectivity index (χ3v) is 3.86. The third kappa shape index (κ3) is 2.73. The van der Waals surface area contributed by atoms with Crippen molar-refractivity contribution in [2.75, 3.05) is 6.61 Å². The lowest BCUT2D eigenvalue weighted by atomic mass is 9.88. The first-order valence-corrected chi connectivity index (χ1v) is 6.51. The van der Waals surface area contributed by atoms with Gasteiger partial charge in [-0.25, -0.2) is 4.39 Å². The highest BCUT2D eigenvalue weighted by molar-refractivity contribution is 6.31. The van der Waals surface area contributed by atoms with E-state index >= 15 is 0 Å². The summed E-state index contributed by atoms with van der Waals surface area (Å²) in [4.78, 5) is 12.2. The Hall–Kier alpha value is -0.930. The lowest BCUT2D eigenvalue weighted by molar-refractivity contribution is -0.147. The molecule has 1 atom stereocenters. The van der Waals surface area contributed by atoms with Gasteiger partial charge in [-0.1, -0.05) is 23.7 Å². The smallest absolute Gasteiger partial charge is 0.168 e. The highest BCUT2D eigenvalue weighted by Crippen LogP contribution is 2.28. The van der Waals surface area contributed by atoms with Crippen LogP contribution in [0.1, 0.15) is 31.7 Å². The highest BCUT2D eigenvalue weighted by Gasteiger charge is 2.35. The first kappa shape index (κ1) is 13.5. The van der Waals surface area contributed by atoms with Crippen molar-refractivity contribution < 1.29 is 13.9 Å². The van der Waals surface area contributed by atoms with Crippen molar-refractivity contribution in [1.82, 2.24) is 0 Å². The second-order valence-corrected chi connectivity index (χ2v) is 5.23. The highest BCUT2D eigenvalue weighted by atomic mass is 35.5. The maximum Gasteiger partial charge on any atom is 0.168 e. The van der Waals surface area contributed by atoms with Gasteiger partial charge < -0.3 is 4.74 Å². The molecular formula is C14H16ClFO2. The van der Waals surface area contributed by atoms with Crippen LogP contribution in [0.3, 0.4) is 0 Å². The zero-order valence-electron chi connectivity index (χ0n) is 10.3. The summed E-state index contributed by atoms with van der Waals surface area (Å²) in [6, 6.07) is 4.53. The van der Waals surface area contributed by atoms with Gasteiger partial charge in [-0.2, -0.15) is 0 Å². The Bertz CT molecular complexity index is 453. The van der Waals surface area contributed by atoms with Crippen molar-refractivity contribution >= 4 is 17.4 Å². The van der Waals surface area contributed by atoms with Crippen LogP contribution in [-0.4, -0.2) is 18.0 Å². The number of carbonyl (C=O) groups is 1. The summed E-state index contributed by atoms with van der Waals surface area (Å²) >= 11 is 5.85. The molecule has 0 saturated carbocycles. The Morgan fingerprint density at radius 3 is 2.94 bits per heavy atom. The molecule has 1 unspecified atom stereocenters. The van der Waals surface area contributed by atoms with E-state index in [2.05, 4.69) is 0 Å². The first-order valence-electron chi connectivity index (χ1n) is 6.13. The number of rotatable bonds is 3. The van der Waals surface area contributed by atoms with E-state index in [-0.39, 0.29) is 17.2 Å². The fourth-order valence-corrected chi connectivity index (χ4v) is 2.39. The summed E-state index contributed by atoms with van der Waals surface area (Å²) in [6.07, 6.45) is 2.81. The fourth-order valence-electron chi connectivity index (χ4n) is 2.20. The van der Waals surface area contributed by atoms with Crippen LogP contribution in [-0.2, 0) is 16.0 Å². The van der Waals surface area contributed by atoms with Gasteiger partial charge in [-0.05, 0) is 37.8 Å². The summed E-state index contributed by atoms with van der Waals surface area (Å²) in [5.41, 5.74) is -0.217. The van der Waals surface area contributed by atoms with E-state index in [0.29, 0.717) is 12.2 Å². The molecule has 1 aromatic carbocycles. The van der Waals surface area contributed by atoms with Gasteiger partial charge in [0.25, 0.3) is 0 Å². The van der Waals surface area contributed by atoms with E-state index in [1.807, 2.05) is 6.92 Å². The van der Waals surface area contributed by atoms with Crippen molar-refractivity contribution in [2.24, 2.45) is 0 Å². The minimum atomic E-state index is -0.742. The molecule has 18 heavy (non-hydrogen) atoms. The van der Waals surface area contributed by atoms with Crippen LogP contribution in [0.25, 0.3) is 0 Å². The minimum absolute atomic E-state index is 0.0326. The molecule has 1 heterocycles. The first-order chi connectivity index (χ1) is 8.53. The molecule has 4 heteroatoms. The quantitative estimate of drug-likeness (QED) is 0.840. The Labute approximate surface area is 111 Å². The molecule has 0 spiro atoms. The number of halogens is 2. The van der Waals surface area contributed by atoms with Gasteiger partial charge in [0.05, 0.1) is 5.02 Å². The van der Waals surface area contributed by atoms with Crippen LogP contribution in [0, 0.1) is 5.82 Å². The third-order valence-electron chi connectivity index (χ3n) is 3.44. The summed E-state index contributed by atoms with van der Waals surface area (Å²) in [6.45, 7) is 2.42. The van der Waals surface area contributed by atoms with E-state index in [1.54, 1.807) is 12.1 Å². The molecule has 0 amide bonds. The van der Waals surface area contributed by atoms with Crippen LogP contribution in [0.4, 0.5) is 4.39 Å². The minimum Gasteiger partial charge on any atom is -0.367 e. The summed E-state index contributed by atoms with van der Waals surface area (Å²) < 4.78 is 18.9. The molecule has 1 aliphatic heterocycles. The molecule has 1 fully saturated rings. The number of hydrogen-bond acceptors (Lipinski definition) is 2. The zero-order valence-corrected chi connectivity index (χ0v) is 11.1. The number of carbonyl (C=O) groups excluding carboxylic acids is 1.